The van der Waals surface area contributed by atoms with Crippen molar-refractivity contribution in [3.8, 4) is 0 Å². The first-order valence-electron chi connectivity index (χ1n) is 10.6. The number of halogens is 1. The van der Waals surface area contributed by atoms with Gasteiger partial charge in [0.15, 0.2) is 5.54 Å². The molecule has 35 heavy (non-hydrogen) atoms. The van der Waals surface area contributed by atoms with E-state index in [2.05, 4.69) is 10.6 Å². The van der Waals surface area contributed by atoms with Crippen molar-refractivity contribution in [2.75, 3.05) is 11.9 Å². The van der Waals surface area contributed by atoms with Gasteiger partial charge in [-0.15, -0.1) is 0 Å². The van der Waals surface area contributed by atoms with Crippen LogP contribution in [0.3, 0.4) is 0 Å². The van der Waals surface area contributed by atoms with Crippen LogP contribution in [0.25, 0.3) is 0 Å². The number of hydrogen-bond acceptors (Lipinski definition) is 5. The molecule has 4 amide bonds. The number of benzene rings is 3. The van der Waals surface area contributed by atoms with Crippen molar-refractivity contribution in [1.29, 1.82) is 0 Å². The smallest absolute Gasteiger partial charge is 0.322 e. The van der Waals surface area contributed by atoms with E-state index in [4.69, 9.17) is 0 Å². The standard InChI is InChI=1S/C25H21FN4O5/c1-15-8-9-18(12-16(15)2)25(17-6-4-3-5-7-17)23(32)29(24(33)28-25)14-22(31)27-21-13-19(30(34)35)10-11-20(21)26/h3-13H,14H2,1-2H3,(H,27,31)(H,28,33)/t25-/m1/s1. The fraction of sp³-hybridized carbons (Fsp3) is 0.160. The number of imide groups is 1. The summed E-state index contributed by atoms with van der Waals surface area (Å²) in [6, 6.07) is 15.9. The molecule has 0 saturated carbocycles. The lowest BCUT2D eigenvalue weighted by Gasteiger charge is -2.28. The molecule has 1 atom stereocenters. The van der Waals surface area contributed by atoms with Gasteiger partial charge in [0.25, 0.3) is 11.6 Å². The molecular formula is C25H21FN4O5. The summed E-state index contributed by atoms with van der Waals surface area (Å²) in [5, 5.41) is 15.9. The molecule has 1 saturated heterocycles. The molecule has 0 aromatic heterocycles. The van der Waals surface area contributed by atoms with E-state index in [1.807, 2.05) is 26.0 Å². The van der Waals surface area contributed by atoms with Crippen LogP contribution in [0.5, 0.6) is 0 Å². The Bertz CT molecular complexity index is 1360. The number of nitrogens with zero attached hydrogens (tertiary/aromatic N) is 2. The second-order valence-electron chi connectivity index (χ2n) is 8.21. The molecule has 2 N–H and O–H groups in total. The summed E-state index contributed by atoms with van der Waals surface area (Å²) in [5.41, 5.74) is 0.538. The van der Waals surface area contributed by atoms with Crippen LogP contribution in [0.4, 0.5) is 20.6 Å². The Morgan fingerprint density at radius 3 is 2.40 bits per heavy atom. The maximum Gasteiger partial charge on any atom is 0.326 e. The van der Waals surface area contributed by atoms with Gasteiger partial charge >= 0.3 is 6.03 Å². The number of carbonyl (C=O) groups is 3. The highest BCUT2D eigenvalue weighted by molar-refractivity contribution is 6.12. The van der Waals surface area contributed by atoms with Crippen LogP contribution in [-0.2, 0) is 15.1 Å². The molecule has 3 aromatic carbocycles. The predicted octanol–water partition coefficient (Wildman–Crippen LogP) is 3.78. The van der Waals surface area contributed by atoms with Gasteiger partial charge in [0.05, 0.1) is 10.6 Å². The molecule has 0 aliphatic carbocycles. The van der Waals surface area contributed by atoms with Crippen molar-refractivity contribution in [3.05, 3.63) is 105 Å². The summed E-state index contributed by atoms with van der Waals surface area (Å²) in [7, 11) is 0. The van der Waals surface area contributed by atoms with Crippen molar-refractivity contribution in [2.24, 2.45) is 0 Å². The summed E-state index contributed by atoms with van der Waals surface area (Å²) in [5.74, 6) is -2.46. The molecule has 4 rings (SSSR count). The first-order valence-corrected chi connectivity index (χ1v) is 10.6. The number of aryl methyl sites for hydroxylation is 2. The Labute approximate surface area is 199 Å². The molecule has 0 unspecified atom stereocenters. The van der Waals surface area contributed by atoms with Gasteiger partial charge in [-0.1, -0.05) is 48.5 Å². The average molecular weight is 476 g/mol. The lowest BCUT2D eigenvalue weighted by molar-refractivity contribution is -0.384. The fourth-order valence-electron chi connectivity index (χ4n) is 4.00. The van der Waals surface area contributed by atoms with Gasteiger partial charge in [0.1, 0.15) is 12.4 Å². The van der Waals surface area contributed by atoms with Crippen LogP contribution in [-0.4, -0.2) is 34.2 Å². The second-order valence-corrected chi connectivity index (χ2v) is 8.21. The van der Waals surface area contributed by atoms with Crippen molar-refractivity contribution in [2.45, 2.75) is 19.4 Å². The zero-order chi connectivity index (χ0) is 25.3. The van der Waals surface area contributed by atoms with Gasteiger partial charge in [-0.25, -0.2) is 9.18 Å². The van der Waals surface area contributed by atoms with Crippen LogP contribution in [0, 0.1) is 29.8 Å². The van der Waals surface area contributed by atoms with Gasteiger partial charge in [-0.2, -0.15) is 0 Å². The maximum absolute atomic E-state index is 14.1. The molecule has 1 aliphatic heterocycles. The molecule has 3 aromatic rings. The Kier molecular flexibility index (Phi) is 6.04. The zero-order valence-electron chi connectivity index (χ0n) is 18.9. The third-order valence-corrected chi connectivity index (χ3v) is 5.99. The number of amides is 4. The van der Waals surface area contributed by atoms with Crippen molar-refractivity contribution in [3.63, 3.8) is 0 Å². The van der Waals surface area contributed by atoms with Crippen molar-refractivity contribution >= 4 is 29.2 Å². The Hall–Kier alpha value is -4.60. The van der Waals surface area contributed by atoms with Gasteiger partial charge in [0.2, 0.25) is 5.91 Å². The molecular weight excluding hydrogens is 455 g/mol. The van der Waals surface area contributed by atoms with Gasteiger partial charge in [-0.3, -0.25) is 24.6 Å². The van der Waals surface area contributed by atoms with E-state index in [1.165, 1.54) is 0 Å². The number of carbonyl (C=O) groups excluding carboxylic acids is 3. The number of nitrogens with one attached hydrogen (secondary N) is 2. The molecule has 1 aliphatic rings. The number of non-ortho nitro benzene ring substituents is 1. The predicted molar refractivity (Wildman–Crippen MR) is 125 cm³/mol. The minimum absolute atomic E-state index is 0.422. The summed E-state index contributed by atoms with van der Waals surface area (Å²) < 4.78 is 14.1. The largest absolute Gasteiger partial charge is 0.326 e. The number of urea groups is 1. The van der Waals surface area contributed by atoms with E-state index in [-0.39, 0.29) is 0 Å². The van der Waals surface area contributed by atoms with Crippen molar-refractivity contribution in [1.82, 2.24) is 10.2 Å². The lowest BCUT2D eigenvalue weighted by Crippen LogP contribution is -2.45. The Balaban J connectivity index is 1.67. The number of anilines is 1. The first-order chi connectivity index (χ1) is 16.6. The van der Waals surface area contributed by atoms with Crippen LogP contribution < -0.4 is 10.6 Å². The van der Waals surface area contributed by atoms with E-state index in [9.17, 15) is 28.9 Å². The van der Waals surface area contributed by atoms with Gasteiger partial charge in [0, 0.05) is 12.1 Å². The fourth-order valence-corrected chi connectivity index (χ4v) is 4.00. The normalized spacial score (nSPS) is 17.3. The Morgan fingerprint density at radius 1 is 1.03 bits per heavy atom. The molecule has 0 bridgehead atoms. The van der Waals surface area contributed by atoms with E-state index >= 15 is 0 Å². The topological polar surface area (TPSA) is 122 Å². The lowest BCUT2D eigenvalue weighted by atomic mass is 9.81. The number of hydrogen-bond donors (Lipinski definition) is 2. The van der Waals surface area contributed by atoms with Crippen LogP contribution in [0.1, 0.15) is 22.3 Å². The molecule has 1 heterocycles. The zero-order valence-corrected chi connectivity index (χ0v) is 18.9. The van der Waals surface area contributed by atoms with Crippen LogP contribution in [0.15, 0.2) is 66.7 Å². The summed E-state index contributed by atoms with van der Waals surface area (Å²) in [6.07, 6.45) is 0. The molecule has 9 nitrogen and oxygen atoms in total. The highest BCUT2D eigenvalue weighted by Gasteiger charge is 2.54. The summed E-state index contributed by atoms with van der Waals surface area (Å²) in [6.45, 7) is 3.09. The highest BCUT2D eigenvalue weighted by atomic mass is 19.1. The summed E-state index contributed by atoms with van der Waals surface area (Å²) >= 11 is 0. The first kappa shape index (κ1) is 23.6. The van der Waals surface area contributed by atoms with E-state index in [0.717, 1.165) is 34.2 Å². The molecule has 0 radical (unpaired) electrons. The SMILES string of the molecule is Cc1ccc([C@@]2(c3ccccc3)NC(=O)N(CC(=O)Nc3cc([N+](=O)[O-])ccc3F)C2=O)cc1C. The molecule has 10 heteroatoms. The van der Waals surface area contributed by atoms with E-state index in [0.29, 0.717) is 11.1 Å². The van der Waals surface area contributed by atoms with E-state index in [1.54, 1.807) is 36.4 Å². The molecule has 0 spiro atoms. The Morgan fingerprint density at radius 2 is 1.74 bits per heavy atom. The number of nitro groups is 1. The quantitative estimate of drug-likeness (QED) is 0.319. The third kappa shape index (κ3) is 4.21. The third-order valence-electron chi connectivity index (χ3n) is 5.99. The number of rotatable bonds is 6. The minimum atomic E-state index is -1.56. The number of nitro benzene ring substituents is 1. The maximum atomic E-state index is 14.1. The monoisotopic (exact) mass is 476 g/mol. The highest BCUT2D eigenvalue weighted by Crippen LogP contribution is 2.37. The van der Waals surface area contributed by atoms with Crippen LogP contribution in [0.2, 0.25) is 0 Å². The molecule has 178 valence electrons. The van der Waals surface area contributed by atoms with Gasteiger partial charge in [-0.05, 0) is 42.2 Å². The average Bonchev–Trinajstić information content (AvgIpc) is 3.08. The summed E-state index contributed by atoms with van der Waals surface area (Å²) in [4.78, 5) is 50.3. The molecule has 1 fully saturated rings. The minimum Gasteiger partial charge on any atom is -0.322 e. The second kappa shape index (κ2) is 8.98. The van der Waals surface area contributed by atoms with Gasteiger partial charge < -0.3 is 10.6 Å². The van der Waals surface area contributed by atoms with Crippen molar-refractivity contribution < 1.29 is 23.7 Å². The van der Waals surface area contributed by atoms with Crippen LogP contribution >= 0.6 is 0 Å². The van der Waals surface area contributed by atoms with E-state index < -0.39 is 52.0 Å².